The standard InChI is InChI=1S/C24H24FN5O/c1-16-13-17(2)30(28-16)23-8-5-19(14-22(23)25)24(31)27-20-9-11-29(12-10-20)21-6-3-18(15-26)4-7-21/h3-8,13-14,20H,9-12H2,1-2H3,(H,27,31). The second kappa shape index (κ2) is 8.60. The van der Waals surface area contributed by atoms with Crippen molar-refractivity contribution in [1.29, 1.82) is 5.26 Å². The summed E-state index contributed by atoms with van der Waals surface area (Å²) in [5.74, 6) is -0.745. The number of carbonyl (C=O) groups is 1. The Labute approximate surface area is 180 Å². The van der Waals surface area contributed by atoms with E-state index in [0.717, 1.165) is 43.0 Å². The number of nitrogens with one attached hydrogen (secondary N) is 1. The van der Waals surface area contributed by atoms with Gasteiger partial charge in [0.25, 0.3) is 5.91 Å². The number of rotatable bonds is 4. The molecule has 1 aliphatic rings. The molecule has 158 valence electrons. The zero-order chi connectivity index (χ0) is 22.0. The van der Waals surface area contributed by atoms with Crippen molar-refractivity contribution >= 4 is 11.6 Å². The Kier molecular flexibility index (Phi) is 5.72. The molecule has 0 atom stereocenters. The predicted octanol–water partition coefficient (Wildman–Crippen LogP) is 3.90. The molecule has 7 heteroatoms. The van der Waals surface area contributed by atoms with E-state index in [4.69, 9.17) is 5.26 Å². The van der Waals surface area contributed by atoms with Gasteiger partial charge >= 0.3 is 0 Å². The molecule has 6 nitrogen and oxygen atoms in total. The Morgan fingerprint density at radius 1 is 1.13 bits per heavy atom. The summed E-state index contributed by atoms with van der Waals surface area (Å²) >= 11 is 0. The van der Waals surface area contributed by atoms with Gasteiger partial charge in [0.2, 0.25) is 0 Å². The Morgan fingerprint density at radius 2 is 1.84 bits per heavy atom. The smallest absolute Gasteiger partial charge is 0.251 e. The lowest BCUT2D eigenvalue weighted by Crippen LogP contribution is -2.44. The van der Waals surface area contributed by atoms with E-state index in [0.29, 0.717) is 16.8 Å². The monoisotopic (exact) mass is 417 g/mol. The van der Waals surface area contributed by atoms with E-state index in [1.165, 1.54) is 6.07 Å². The molecular formula is C24H24FN5O. The first-order valence-corrected chi connectivity index (χ1v) is 10.3. The van der Waals surface area contributed by atoms with Gasteiger partial charge in [0, 0.05) is 36.1 Å². The number of piperidine rings is 1. The normalized spacial score (nSPS) is 14.3. The molecule has 1 aromatic heterocycles. The van der Waals surface area contributed by atoms with Gasteiger partial charge in [0.1, 0.15) is 11.5 Å². The van der Waals surface area contributed by atoms with Crippen molar-refractivity contribution in [3.63, 3.8) is 0 Å². The van der Waals surface area contributed by atoms with Crippen LogP contribution in [-0.4, -0.2) is 34.8 Å². The number of hydrogen-bond donors (Lipinski definition) is 1. The molecule has 1 aliphatic heterocycles. The predicted molar refractivity (Wildman–Crippen MR) is 117 cm³/mol. The summed E-state index contributed by atoms with van der Waals surface area (Å²) in [6.45, 7) is 5.34. The second-order valence-corrected chi connectivity index (χ2v) is 7.90. The van der Waals surface area contributed by atoms with Crippen LogP contribution in [0, 0.1) is 31.0 Å². The SMILES string of the molecule is Cc1cc(C)n(-c2ccc(C(=O)NC3CCN(c4ccc(C#N)cc4)CC3)cc2F)n1. The third kappa shape index (κ3) is 4.43. The molecule has 0 bridgehead atoms. The van der Waals surface area contributed by atoms with Gasteiger partial charge in [-0.05, 0) is 75.2 Å². The van der Waals surface area contributed by atoms with Crippen molar-refractivity contribution in [3.8, 4) is 11.8 Å². The zero-order valence-corrected chi connectivity index (χ0v) is 17.6. The minimum absolute atomic E-state index is 0.0425. The van der Waals surface area contributed by atoms with E-state index in [1.54, 1.807) is 16.8 Å². The summed E-state index contributed by atoms with van der Waals surface area (Å²) in [5.41, 5.74) is 4.00. The maximum atomic E-state index is 14.7. The molecule has 0 radical (unpaired) electrons. The van der Waals surface area contributed by atoms with Crippen LogP contribution in [0.25, 0.3) is 5.69 Å². The van der Waals surface area contributed by atoms with Crippen molar-refractivity contribution in [2.75, 3.05) is 18.0 Å². The van der Waals surface area contributed by atoms with E-state index in [9.17, 15) is 9.18 Å². The van der Waals surface area contributed by atoms with Crippen molar-refractivity contribution in [2.45, 2.75) is 32.7 Å². The third-order valence-electron chi connectivity index (χ3n) is 5.64. The topological polar surface area (TPSA) is 74.0 Å². The van der Waals surface area contributed by atoms with Gasteiger partial charge in [-0.15, -0.1) is 0 Å². The Morgan fingerprint density at radius 3 is 2.42 bits per heavy atom. The van der Waals surface area contributed by atoms with Crippen molar-refractivity contribution in [3.05, 3.63) is 76.9 Å². The van der Waals surface area contributed by atoms with Crippen LogP contribution in [-0.2, 0) is 0 Å². The fourth-order valence-corrected chi connectivity index (χ4v) is 3.99. The Balaban J connectivity index is 1.37. The van der Waals surface area contributed by atoms with Crippen molar-refractivity contribution in [2.24, 2.45) is 0 Å². The Hall–Kier alpha value is -3.66. The van der Waals surface area contributed by atoms with Crippen LogP contribution in [0.1, 0.15) is 40.2 Å². The highest BCUT2D eigenvalue weighted by Gasteiger charge is 2.22. The Bertz CT molecular complexity index is 1140. The molecule has 2 aromatic carbocycles. The number of hydrogen-bond acceptors (Lipinski definition) is 4. The molecule has 2 heterocycles. The van der Waals surface area contributed by atoms with Gasteiger partial charge < -0.3 is 10.2 Å². The molecule has 0 unspecified atom stereocenters. The first-order chi connectivity index (χ1) is 14.9. The average Bonchev–Trinajstić information content (AvgIpc) is 3.11. The molecule has 0 saturated carbocycles. The second-order valence-electron chi connectivity index (χ2n) is 7.90. The van der Waals surface area contributed by atoms with Gasteiger partial charge in [0.15, 0.2) is 0 Å². The fraction of sp³-hybridized carbons (Fsp3) is 0.292. The van der Waals surface area contributed by atoms with E-state index in [-0.39, 0.29) is 11.9 Å². The van der Waals surface area contributed by atoms with Gasteiger partial charge in [-0.3, -0.25) is 4.79 Å². The fourth-order valence-electron chi connectivity index (χ4n) is 3.99. The number of aromatic nitrogens is 2. The summed E-state index contributed by atoms with van der Waals surface area (Å²) in [5, 5.41) is 16.3. The molecule has 0 aliphatic carbocycles. The number of nitrogens with zero attached hydrogens (tertiary/aromatic N) is 4. The van der Waals surface area contributed by atoms with Gasteiger partial charge in [-0.25, -0.2) is 9.07 Å². The van der Waals surface area contributed by atoms with Gasteiger partial charge in [-0.1, -0.05) is 0 Å². The number of nitriles is 1. The number of anilines is 1. The summed E-state index contributed by atoms with van der Waals surface area (Å²) in [4.78, 5) is 14.9. The van der Waals surface area contributed by atoms with Crippen LogP contribution < -0.4 is 10.2 Å². The summed E-state index contributed by atoms with van der Waals surface area (Å²) in [6, 6.07) is 16.1. The zero-order valence-electron chi connectivity index (χ0n) is 17.6. The first kappa shape index (κ1) is 20.6. The number of amides is 1. The third-order valence-corrected chi connectivity index (χ3v) is 5.64. The van der Waals surface area contributed by atoms with Crippen LogP contribution in [0.3, 0.4) is 0 Å². The van der Waals surface area contributed by atoms with Crippen LogP contribution in [0.15, 0.2) is 48.5 Å². The summed E-state index contributed by atoms with van der Waals surface area (Å²) in [7, 11) is 0. The quantitative estimate of drug-likeness (QED) is 0.699. The van der Waals surface area contributed by atoms with Crippen LogP contribution >= 0.6 is 0 Å². The minimum atomic E-state index is -0.477. The maximum absolute atomic E-state index is 14.7. The molecule has 1 N–H and O–H groups in total. The molecule has 3 aromatic rings. The van der Waals surface area contributed by atoms with E-state index >= 15 is 0 Å². The van der Waals surface area contributed by atoms with Crippen LogP contribution in [0.2, 0.25) is 0 Å². The van der Waals surface area contributed by atoms with E-state index < -0.39 is 5.82 Å². The number of carbonyl (C=O) groups excluding carboxylic acids is 1. The molecule has 0 spiro atoms. The molecule has 1 amide bonds. The summed E-state index contributed by atoms with van der Waals surface area (Å²) in [6.07, 6.45) is 1.61. The number of aryl methyl sites for hydroxylation is 2. The van der Waals surface area contributed by atoms with Crippen LogP contribution in [0.4, 0.5) is 10.1 Å². The number of halogens is 1. The highest BCUT2D eigenvalue weighted by molar-refractivity contribution is 5.94. The molecule has 4 rings (SSSR count). The van der Waals surface area contributed by atoms with Gasteiger partial charge in [-0.2, -0.15) is 10.4 Å². The molecule has 1 saturated heterocycles. The highest BCUT2D eigenvalue weighted by atomic mass is 19.1. The maximum Gasteiger partial charge on any atom is 0.251 e. The average molecular weight is 417 g/mol. The lowest BCUT2D eigenvalue weighted by molar-refractivity contribution is 0.0930. The first-order valence-electron chi connectivity index (χ1n) is 10.3. The van der Waals surface area contributed by atoms with E-state index in [2.05, 4.69) is 21.4 Å². The molecule has 1 fully saturated rings. The lowest BCUT2D eigenvalue weighted by Gasteiger charge is -2.34. The summed E-state index contributed by atoms with van der Waals surface area (Å²) < 4.78 is 16.2. The largest absolute Gasteiger partial charge is 0.371 e. The molecular weight excluding hydrogens is 393 g/mol. The van der Waals surface area contributed by atoms with E-state index in [1.807, 2.05) is 44.2 Å². The van der Waals surface area contributed by atoms with Crippen LogP contribution in [0.5, 0.6) is 0 Å². The lowest BCUT2D eigenvalue weighted by atomic mass is 10.0. The van der Waals surface area contributed by atoms with Gasteiger partial charge in [0.05, 0.1) is 17.3 Å². The van der Waals surface area contributed by atoms with Crippen molar-refractivity contribution in [1.82, 2.24) is 15.1 Å². The molecule has 31 heavy (non-hydrogen) atoms. The minimum Gasteiger partial charge on any atom is -0.371 e. The highest BCUT2D eigenvalue weighted by Crippen LogP contribution is 2.21. The number of benzene rings is 2. The van der Waals surface area contributed by atoms with Crippen molar-refractivity contribution < 1.29 is 9.18 Å².